The van der Waals surface area contributed by atoms with E-state index in [2.05, 4.69) is 42.5 Å². The lowest BCUT2D eigenvalue weighted by molar-refractivity contribution is -0.147. The van der Waals surface area contributed by atoms with E-state index in [9.17, 15) is 4.79 Å². The van der Waals surface area contributed by atoms with E-state index in [4.69, 9.17) is 14.2 Å². The largest absolute Gasteiger partial charge is 0.493 e. The first-order valence-corrected chi connectivity index (χ1v) is 12.2. The summed E-state index contributed by atoms with van der Waals surface area (Å²) >= 11 is 0. The molecule has 4 nitrogen and oxygen atoms in total. The van der Waals surface area contributed by atoms with Gasteiger partial charge in [-0.2, -0.15) is 0 Å². The monoisotopic (exact) mass is 468 g/mol. The van der Waals surface area contributed by atoms with Crippen molar-refractivity contribution < 1.29 is 19.0 Å². The molecule has 4 heteroatoms. The van der Waals surface area contributed by atoms with Gasteiger partial charge in [0.15, 0.2) is 0 Å². The molecule has 0 saturated heterocycles. The number of benzene rings is 4. The van der Waals surface area contributed by atoms with Gasteiger partial charge < -0.3 is 14.2 Å². The third-order valence-electron chi connectivity index (χ3n) is 5.96. The minimum atomic E-state index is -0.246. The first-order chi connectivity index (χ1) is 17.1. The summed E-state index contributed by atoms with van der Waals surface area (Å²) < 4.78 is 17.4. The fraction of sp³-hybridized carbons (Fsp3) is 0.258. The Bertz CT molecular complexity index is 1250. The molecule has 0 heterocycles. The molecular formula is C31H32O4. The Kier molecular flexibility index (Phi) is 8.39. The number of carbonyl (C=O) groups is 1. The van der Waals surface area contributed by atoms with Crippen molar-refractivity contribution in [3.05, 3.63) is 108 Å². The Labute approximate surface area is 207 Å². The van der Waals surface area contributed by atoms with Crippen molar-refractivity contribution >= 4 is 16.7 Å². The van der Waals surface area contributed by atoms with E-state index in [1.807, 2.05) is 62.4 Å². The molecule has 0 amide bonds. The second-order valence-corrected chi connectivity index (χ2v) is 8.68. The molecule has 0 bridgehead atoms. The number of fused-ring (bicyclic) bond motifs is 1. The van der Waals surface area contributed by atoms with Gasteiger partial charge in [0.1, 0.15) is 18.1 Å². The molecule has 35 heavy (non-hydrogen) atoms. The lowest BCUT2D eigenvalue weighted by atomic mass is 9.99. The molecule has 0 aliphatic heterocycles. The smallest absolute Gasteiger partial charge is 0.308 e. The van der Waals surface area contributed by atoms with Gasteiger partial charge in [0.05, 0.1) is 19.1 Å². The SMILES string of the molecule is CCOC(=O)C(C)Cc1ccc(COc2ccccc2)cc1OCCc1ccc2ccccc2c1. The van der Waals surface area contributed by atoms with Gasteiger partial charge in [0, 0.05) is 6.42 Å². The highest BCUT2D eigenvalue weighted by molar-refractivity contribution is 5.83. The van der Waals surface area contributed by atoms with Crippen LogP contribution in [0.15, 0.2) is 91.0 Å². The van der Waals surface area contributed by atoms with Crippen molar-refractivity contribution in [3.63, 3.8) is 0 Å². The molecule has 0 spiro atoms. The van der Waals surface area contributed by atoms with Crippen LogP contribution in [0.1, 0.15) is 30.5 Å². The van der Waals surface area contributed by atoms with Crippen LogP contribution < -0.4 is 9.47 Å². The number of ether oxygens (including phenoxy) is 3. The van der Waals surface area contributed by atoms with Crippen LogP contribution in [0, 0.1) is 5.92 Å². The van der Waals surface area contributed by atoms with Gasteiger partial charge in [0.25, 0.3) is 0 Å². The topological polar surface area (TPSA) is 44.8 Å². The zero-order valence-electron chi connectivity index (χ0n) is 20.4. The van der Waals surface area contributed by atoms with Crippen molar-refractivity contribution in [1.29, 1.82) is 0 Å². The van der Waals surface area contributed by atoms with Gasteiger partial charge in [-0.05, 0) is 59.0 Å². The highest BCUT2D eigenvalue weighted by Crippen LogP contribution is 2.26. The van der Waals surface area contributed by atoms with Crippen molar-refractivity contribution in [2.24, 2.45) is 5.92 Å². The van der Waals surface area contributed by atoms with Gasteiger partial charge in [-0.15, -0.1) is 0 Å². The maximum Gasteiger partial charge on any atom is 0.308 e. The number of rotatable bonds is 11. The average Bonchev–Trinajstić information content (AvgIpc) is 2.89. The molecule has 0 radical (unpaired) electrons. The number of para-hydroxylation sites is 1. The number of esters is 1. The van der Waals surface area contributed by atoms with E-state index in [1.165, 1.54) is 16.3 Å². The molecule has 0 aromatic heterocycles. The number of carbonyl (C=O) groups excluding carboxylic acids is 1. The molecule has 1 atom stereocenters. The Morgan fingerprint density at radius 1 is 0.800 bits per heavy atom. The number of hydrogen-bond donors (Lipinski definition) is 0. The Morgan fingerprint density at radius 2 is 1.54 bits per heavy atom. The fourth-order valence-corrected chi connectivity index (χ4v) is 4.05. The van der Waals surface area contributed by atoms with Gasteiger partial charge >= 0.3 is 5.97 Å². The summed E-state index contributed by atoms with van der Waals surface area (Å²) in [6, 6.07) is 30.7. The molecule has 4 aromatic carbocycles. The molecule has 4 rings (SSSR count). The summed E-state index contributed by atoms with van der Waals surface area (Å²) in [7, 11) is 0. The molecule has 4 aromatic rings. The van der Waals surface area contributed by atoms with Gasteiger partial charge in [-0.1, -0.05) is 79.7 Å². The highest BCUT2D eigenvalue weighted by atomic mass is 16.5. The van der Waals surface area contributed by atoms with Gasteiger partial charge in [-0.25, -0.2) is 0 Å². The molecule has 0 N–H and O–H groups in total. The van der Waals surface area contributed by atoms with E-state index < -0.39 is 0 Å². The summed E-state index contributed by atoms with van der Waals surface area (Å²) in [6.07, 6.45) is 1.35. The van der Waals surface area contributed by atoms with Crippen LogP contribution in [0.3, 0.4) is 0 Å². The molecule has 0 aliphatic rings. The minimum Gasteiger partial charge on any atom is -0.493 e. The second-order valence-electron chi connectivity index (χ2n) is 8.68. The second kappa shape index (κ2) is 12.1. The van der Waals surface area contributed by atoms with Crippen molar-refractivity contribution in [3.8, 4) is 11.5 Å². The van der Waals surface area contributed by atoms with Gasteiger partial charge in [0.2, 0.25) is 0 Å². The van der Waals surface area contributed by atoms with Gasteiger partial charge in [-0.3, -0.25) is 4.79 Å². The molecule has 1 unspecified atom stereocenters. The molecule has 0 saturated carbocycles. The summed E-state index contributed by atoms with van der Waals surface area (Å²) in [5, 5.41) is 2.47. The Hall–Kier alpha value is -3.79. The summed E-state index contributed by atoms with van der Waals surface area (Å²) in [4.78, 5) is 12.2. The van der Waals surface area contributed by atoms with Crippen LogP contribution in [0.5, 0.6) is 11.5 Å². The van der Waals surface area contributed by atoms with Crippen LogP contribution in [-0.2, 0) is 29.0 Å². The van der Waals surface area contributed by atoms with Crippen molar-refractivity contribution in [1.82, 2.24) is 0 Å². The van der Waals surface area contributed by atoms with Crippen LogP contribution in [0.25, 0.3) is 10.8 Å². The number of hydrogen-bond acceptors (Lipinski definition) is 4. The average molecular weight is 469 g/mol. The maximum absolute atomic E-state index is 12.2. The first-order valence-electron chi connectivity index (χ1n) is 12.2. The lowest BCUT2D eigenvalue weighted by Gasteiger charge is -2.17. The van der Waals surface area contributed by atoms with E-state index >= 15 is 0 Å². The normalized spacial score (nSPS) is 11.7. The van der Waals surface area contributed by atoms with Crippen LogP contribution in [-0.4, -0.2) is 19.2 Å². The quantitative estimate of drug-likeness (QED) is 0.228. The molecular weight excluding hydrogens is 436 g/mol. The first kappa shape index (κ1) is 24.3. The molecule has 0 aliphatic carbocycles. The van der Waals surface area contributed by atoms with E-state index in [1.54, 1.807) is 0 Å². The highest BCUT2D eigenvalue weighted by Gasteiger charge is 2.17. The standard InChI is InChI=1S/C31H32O4/c1-3-33-31(32)23(2)19-28-16-14-25(22-35-29-11-5-4-6-12-29)21-30(28)34-18-17-24-13-15-26-9-7-8-10-27(26)20-24/h4-16,20-21,23H,3,17-19,22H2,1-2H3. The van der Waals surface area contributed by atoms with Crippen LogP contribution >= 0.6 is 0 Å². The Balaban J connectivity index is 1.46. The predicted molar refractivity (Wildman–Crippen MR) is 140 cm³/mol. The summed E-state index contributed by atoms with van der Waals surface area (Å²) in [5.74, 6) is 1.18. The van der Waals surface area contributed by atoms with Crippen LogP contribution in [0.2, 0.25) is 0 Å². The minimum absolute atomic E-state index is 0.189. The predicted octanol–water partition coefficient (Wildman–Crippen LogP) is 6.78. The maximum atomic E-state index is 12.2. The zero-order chi connectivity index (χ0) is 24.5. The summed E-state index contributed by atoms with van der Waals surface area (Å²) in [5.41, 5.74) is 3.24. The van der Waals surface area contributed by atoms with Crippen molar-refractivity contribution in [2.45, 2.75) is 33.3 Å². The van der Waals surface area contributed by atoms with E-state index in [0.29, 0.717) is 26.2 Å². The third-order valence-corrected chi connectivity index (χ3v) is 5.96. The van der Waals surface area contributed by atoms with Crippen LogP contribution in [0.4, 0.5) is 0 Å². The Morgan fingerprint density at radius 3 is 2.34 bits per heavy atom. The van der Waals surface area contributed by atoms with Crippen molar-refractivity contribution in [2.75, 3.05) is 13.2 Å². The zero-order valence-corrected chi connectivity index (χ0v) is 20.4. The third kappa shape index (κ3) is 6.86. The van der Waals surface area contributed by atoms with E-state index in [-0.39, 0.29) is 11.9 Å². The fourth-order valence-electron chi connectivity index (χ4n) is 4.05. The molecule has 0 fully saturated rings. The van der Waals surface area contributed by atoms with E-state index in [0.717, 1.165) is 29.0 Å². The molecule has 180 valence electrons. The lowest BCUT2D eigenvalue weighted by Crippen LogP contribution is -2.17. The summed E-state index contributed by atoms with van der Waals surface area (Å²) in [6.45, 7) is 5.09.